The minimum atomic E-state index is -0.740. The molecular weight excluding hydrogens is 466 g/mol. The van der Waals surface area contributed by atoms with Crippen LogP contribution in [0.25, 0.3) is 6.08 Å². The third-order valence-electron chi connectivity index (χ3n) is 7.18. The number of aromatic nitrogens is 1. The molecule has 4 atom stereocenters. The van der Waals surface area contributed by atoms with E-state index in [9.17, 15) is 19.5 Å². The van der Waals surface area contributed by atoms with Gasteiger partial charge in [-0.3, -0.25) is 14.4 Å². The number of rotatable bonds is 7. The predicted octanol–water partition coefficient (Wildman–Crippen LogP) is 1.06. The number of methoxy groups -OCH3 is 1. The van der Waals surface area contributed by atoms with Crippen LogP contribution in [0, 0.1) is 11.8 Å². The zero-order chi connectivity index (χ0) is 25.4. The van der Waals surface area contributed by atoms with Crippen LogP contribution in [0.3, 0.4) is 0 Å². The molecule has 36 heavy (non-hydrogen) atoms. The Kier molecular flexibility index (Phi) is 6.55. The van der Waals surface area contributed by atoms with Crippen molar-refractivity contribution in [2.45, 2.75) is 32.1 Å². The molecule has 0 unspecified atom stereocenters. The van der Waals surface area contributed by atoms with Crippen molar-refractivity contribution in [2.24, 2.45) is 11.8 Å². The Bertz CT molecular complexity index is 1270. The third-order valence-corrected chi connectivity index (χ3v) is 7.18. The van der Waals surface area contributed by atoms with Gasteiger partial charge in [-0.2, -0.15) is 0 Å². The number of amides is 2. The molecule has 1 aromatic heterocycles. The van der Waals surface area contributed by atoms with Crippen molar-refractivity contribution in [3.63, 3.8) is 0 Å². The van der Waals surface area contributed by atoms with Gasteiger partial charge < -0.3 is 34.1 Å². The zero-order valence-electron chi connectivity index (χ0n) is 20.2. The molecule has 10 heteroatoms. The Morgan fingerprint density at radius 2 is 2.03 bits per heavy atom. The van der Waals surface area contributed by atoms with E-state index >= 15 is 0 Å². The monoisotopic (exact) mass is 495 g/mol. The maximum atomic E-state index is 13.6. The van der Waals surface area contributed by atoms with Crippen molar-refractivity contribution in [3.8, 4) is 11.5 Å². The second-order valence-corrected chi connectivity index (χ2v) is 9.15. The quantitative estimate of drug-likeness (QED) is 0.590. The highest BCUT2D eigenvalue weighted by Gasteiger charge is 2.57. The normalized spacial score (nSPS) is 23.7. The van der Waals surface area contributed by atoms with E-state index in [1.807, 2.05) is 19.1 Å². The number of allylic oxidation sites excluding steroid dienone is 1. The summed E-state index contributed by atoms with van der Waals surface area (Å²) >= 11 is 0. The van der Waals surface area contributed by atoms with Crippen molar-refractivity contribution in [1.29, 1.82) is 0 Å². The lowest BCUT2D eigenvalue weighted by Gasteiger charge is -2.38. The lowest BCUT2D eigenvalue weighted by Crippen LogP contribution is -2.50. The van der Waals surface area contributed by atoms with Gasteiger partial charge in [-0.25, -0.2) is 0 Å². The molecule has 4 heterocycles. The Balaban J connectivity index is 1.48. The van der Waals surface area contributed by atoms with Crippen LogP contribution in [0.4, 0.5) is 0 Å². The summed E-state index contributed by atoms with van der Waals surface area (Å²) in [7, 11) is 1.44. The smallest absolute Gasteiger partial charge is 0.258 e. The SMILES string of the molecule is C/C=C/c1ccc2n(c1=O)C[C@H]1[C@H](CO)[C@@H](C(=O)NCc3ccc4c(c3)OCO4)[C@@H]2N1C(=O)COC. The van der Waals surface area contributed by atoms with Crippen LogP contribution in [0.1, 0.15) is 29.8 Å². The molecule has 0 spiro atoms. The average Bonchev–Trinajstić information content (AvgIpc) is 3.44. The molecule has 5 rings (SSSR count). The fraction of sp³-hybridized carbons (Fsp3) is 0.423. The molecule has 190 valence electrons. The fourth-order valence-electron chi connectivity index (χ4n) is 5.63. The first-order valence-electron chi connectivity index (χ1n) is 11.9. The highest BCUT2D eigenvalue weighted by atomic mass is 16.7. The van der Waals surface area contributed by atoms with Gasteiger partial charge in [-0.1, -0.05) is 18.2 Å². The summed E-state index contributed by atoms with van der Waals surface area (Å²) in [5.41, 5.74) is 1.75. The highest BCUT2D eigenvalue weighted by molar-refractivity contribution is 5.85. The second kappa shape index (κ2) is 9.79. The number of fused-ring (bicyclic) bond motifs is 5. The number of aliphatic hydroxyl groups excluding tert-OH is 1. The molecule has 2 N–H and O–H groups in total. The van der Waals surface area contributed by atoms with Crippen molar-refractivity contribution in [1.82, 2.24) is 14.8 Å². The summed E-state index contributed by atoms with van der Waals surface area (Å²) in [6.07, 6.45) is 3.53. The van der Waals surface area contributed by atoms with Gasteiger partial charge in [-0.15, -0.1) is 0 Å². The summed E-state index contributed by atoms with van der Waals surface area (Å²) in [6, 6.07) is 7.73. The number of hydrogen-bond donors (Lipinski definition) is 2. The van der Waals surface area contributed by atoms with Gasteiger partial charge >= 0.3 is 0 Å². The van der Waals surface area contributed by atoms with Crippen LogP contribution in [-0.2, 0) is 27.4 Å². The topological polar surface area (TPSA) is 119 Å². The van der Waals surface area contributed by atoms with Gasteiger partial charge in [0.2, 0.25) is 18.6 Å². The maximum absolute atomic E-state index is 13.6. The summed E-state index contributed by atoms with van der Waals surface area (Å²) in [4.78, 5) is 41.5. The number of carbonyl (C=O) groups excluding carboxylic acids is 2. The van der Waals surface area contributed by atoms with Crippen LogP contribution in [0.2, 0.25) is 0 Å². The summed E-state index contributed by atoms with van der Waals surface area (Å²) in [6.45, 7) is 1.97. The molecule has 10 nitrogen and oxygen atoms in total. The molecule has 2 aromatic rings. The molecule has 1 saturated heterocycles. The number of nitrogens with zero attached hydrogens (tertiary/aromatic N) is 2. The molecule has 0 radical (unpaired) electrons. The number of ether oxygens (including phenoxy) is 3. The van der Waals surface area contributed by atoms with Crippen molar-refractivity contribution in [3.05, 3.63) is 63.6 Å². The molecule has 0 aliphatic carbocycles. The van der Waals surface area contributed by atoms with Crippen molar-refractivity contribution in [2.75, 3.05) is 27.1 Å². The van der Waals surface area contributed by atoms with Gasteiger partial charge in [0.05, 0.1) is 18.0 Å². The number of aliphatic hydroxyl groups is 1. The van der Waals surface area contributed by atoms with Crippen molar-refractivity contribution >= 4 is 17.9 Å². The van der Waals surface area contributed by atoms with Gasteiger partial charge in [-0.05, 0) is 36.8 Å². The molecule has 2 amide bonds. The largest absolute Gasteiger partial charge is 0.454 e. The summed E-state index contributed by atoms with van der Waals surface area (Å²) < 4.78 is 17.5. The van der Waals surface area contributed by atoms with E-state index in [1.54, 1.807) is 39.8 Å². The first-order valence-corrected chi connectivity index (χ1v) is 11.9. The Hall–Kier alpha value is -3.63. The van der Waals surface area contributed by atoms with Gasteiger partial charge in [0.1, 0.15) is 6.61 Å². The summed E-state index contributed by atoms with van der Waals surface area (Å²) in [5.74, 6) is -0.594. The van der Waals surface area contributed by atoms with Gasteiger partial charge in [0, 0.05) is 44.0 Å². The Morgan fingerprint density at radius 1 is 1.22 bits per heavy atom. The maximum Gasteiger partial charge on any atom is 0.258 e. The van der Waals surface area contributed by atoms with E-state index in [2.05, 4.69) is 5.32 Å². The van der Waals surface area contributed by atoms with E-state index in [-0.39, 0.29) is 50.5 Å². The van der Waals surface area contributed by atoms with Crippen LogP contribution in [0.5, 0.6) is 11.5 Å². The minimum absolute atomic E-state index is 0.155. The Morgan fingerprint density at radius 3 is 2.78 bits per heavy atom. The third kappa shape index (κ3) is 3.96. The molecular formula is C26H29N3O7. The molecule has 3 aliphatic heterocycles. The van der Waals surface area contributed by atoms with E-state index in [0.29, 0.717) is 22.8 Å². The molecule has 3 aliphatic rings. The highest BCUT2D eigenvalue weighted by Crippen LogP contribution is 2.48. The lowest BCUT2D eigenvalue weighted by molar-refractivity contribution is -0.140. The lowest BCUT2D eigenvalue weighted by atomic mass is 9.86. The number of nitrogens with one attached hydrogen (secondary N) is 1. The first kappa shape index (κ1) is 24.1. The zero-order valence-corrected chi connectivity index (χ0v) is 20.2. The Labute approximate surface area is 208 Å². The number of pyridine rings is 1. The average molecular weight is 496 g/mol. The van der Waals surface area contributed by atoms with E-state index < -0.39 is 23.9 Å². The van der Waals surface area contributed by atoms with E-state index in [1.165, 1.54) is 7.11 Å². The van der Waals surface area contributed by atoms with Crippen LogP contribution in [0.15, 0.2) is 41.2 Å². The van der Waals surface area contributed by atoms with E-state index in [4.69, 9.17) is 14.2 Å². The predicted molar refractivity (Wildman–Crippen MR) is 129 cm³/mol. The van der Waals surface area contributed by atoms with Gasteiger partial charge in [0.25, 0.3) is 5.56 Å². The molecule has 2 bridgehead atoms. The molecule has 0 saturated carbocycles. The standard InChI is InChI=1S/C26H29N3O7/c1-3-4-16-6-7-18-24-23(25(32)27-10-15-5-8-20-21(9-15)36-14-35-20)17(12-30)19(11-28(18)26(16)33)29(24)22(31)13-34-2/h3-9,17,19,23-24,30H,10-14H2,1-2H3,(H,27,32)/b4-3+/t17-,19-,23+,24+/m0/s1. The second-order valence-electron chi connectivity index (χ2n) is 9.15. The fourth-order valence-corrected chi connectivity index (χ4v) is 5.63. The van der Waals surface area contributed by atoms with E-state index in [0.717, 1.165) is 5.56 Å². The molecule has 1 aromatic carbocycles. The first-order chi connectivity index (χ1) is 17.5. The minimum Gasteiger partial charge on any atom is -0.454 e. The van der Waals surface area contributed by atoms with Crippen LogP contribution in [-0.4, -0.2) is 59.5 Å². The number of hydrogen-bond acceptors (Lipinski definition) is 7. The summed E-state index contributed by atoms with van der Waals surface area (Å²) in [5, 5.41) is 13.3. The number of benzene rings is 1. The van der Waals surface area contributed by atoms with Crippen LogP contribution >= 0.6 is 0 Å². The van der Waals surface area contributed by atoms with Crippen molar-refractivity contribution < 1.29 is 28.9 Å². The molecule has 1 fully saturated rings. The van der Waals surface area contributed by atoms with Crippen LogP contribution < -0.4 is 20.3 Å². The van der Waals surface area contributed by atoms with Gasteiger partial charge in [0.15, 0.2) is 11.5 Å². The number of carbonyl (C=O) groups is 2.